The zero-order chi connectivity index (χ0) is 30.6. The number of carboxylic acid groups (broad SMARTS) is 1. The van der Waals surface area contributed by atoms with Gasteiger partial charge >= 0.3 is 5.97 Å². The number of carbonyl (C=O) groups is 2. The predicted octanol–water partition coefficient (Wildman–Crippen LogP) is 3.95. The summed E-state index contributed by atoms with van der Waals surface area (Å²) in [6.45, 7) is 5.85. The fourth-order valence-corrected chi connectivity index (χ4v) is 5.21. The first-order valence-corrected chi connectivity index (χ1v) is 13.6. The summed E-state index contributed by atoms with van der Waals surface area (Å²) in [6.07, 6.45) is 0.932. The number of aromatic carboxylic acids is 1. The number of primary amides is 1. The number of hydrogen-bond acceptors (Lipinski definition) is 7. The van der Waals surface area contributed by atoms with Crippen LogP contribution in [0.5, 0.6) is 5.75 Å². The molecule has 1 unspecified atom stereocenters. The molecular formula is C32H37N5O5. The molecule has 0 fully saturated rings. The molecule has 1 heterocycles. The molecule has 10 nitrogen and oxygen atoms in total. The van der Waals surface area contributed by atoms with Gasteiger partial charge in [0.15, 0.2) is 0 Å². The molecule has 0 aliphatic heterocycles. The second-order valence-electron chi connectivity index (χ2n) is 10.5. The Balaban J connectivity index is 1.67. The lowest BCUT2D eigenvalue weighted by Gasteiger charge is -2.36. The van der Waals surface area contributed by atoms with E-state index in [1.165, 1.54) is 13.2 Å². The van der Waals surface area contributed by atoms with Crippen LogP contribution in [0.25, 0.3) is 11.3 Å². The van der Waals surface area contributed by atoms with Crippen molar-refractivity contribution in [1.82, 2.24) is 14.9 Å². The number of carboxylic acids is 1. The number of nitrogens with two attached hydrogens (primary N) is 2. The number of nitrogens with zero attached hydrogens (tertiary/aromatic N) is 2. The van der Waals surface area contributed by atoms with Gasteiger partial charge in [0.1, 0.15) is 23.4 Å². The molecule has 10 heteroatoms. The van der Waals surface area contributed by atoms with Crippen molar-refractivity contribution in [2.24, 2.45) is 11.5 Å². The van der Waals surface area contributed by atoms with E-state index >= 15 is 0 Å². The van der Waals surface area contributed by atoms with E-state index in [0.717, 1.165) is 27.9 Å². The highest BCUT2D eigenvalue weighted by atomic mass is 16.5. The topological polar surface area (TPSA) is 168 Å². The third-order valence-electron chi connectivity index (χ3n) is 7.58. The molecule has 0 saturated carbocycles. The highest BCUT2D eigenvalue weighted by molar-refractivity contribution is 5.93. The minimum Gasteiger partial charge on any atom is -0.496 e. The minimum absolute atomic E-state index is 0.0199. The van der Waals surface area contributed by atoms with E-state index in [0.29, 0.717) is 23.4 Å². The number of rotatable bonds is 12. The van der Waals surface area contributed by atoms with Gasteiger partial charge in [0.05, 0.1) is 25.0 Å². The van der Waals surface area contributed by atoms with Gasteiger partial charge in [-0.3, -0.25) is 9.69 Å². The third kappa shape index (κ3) is 6.68. The molecule has 4 rings (SSSR count). The molecule has 0 radical (unpaired) electrons. The molecule has 7 N–H and O–H groups in total. The van der Waals surface area contributed by atoms with Crippen molar-refractivity contribution in [3.8, 4) is 17.0 Å². The molecule has 4 aromatic rings. The van der Waals surface area contributed by atoms with Crippen LogP contribution in [-0.2, 0) is 13.0 Å². The molecule has 0 aliphatic carbocycles. The second kappa shape index (κ2) is 13.0. The van der Waals surface area contributed by atoms with E-state index in [1.54, 1.807) is 35.4 Å². The molecule has 3 atom stereocenters. The first kappa shape index (κ1) is 30.4. The Morgan fingerprint density at radius 1 is 1.07 bits per heavy atom. The number of methoxy groups -OCH3 is 1. The Morgan fingerprint density at radius 2 is 1.74 bits per heavy atom. The SMILES string of the molecule is COc1ccc(CN(C(O)[C@@H](N)Cc2c(C)cc(C(N)=O)cc2C)[C@@H](C)c2ncc(-c3ccccc3)[nH]2)cc1C(=O)O. The summed E-state index contributed by atoms with van der Waals surface area (Å²) in [5.74, 6) is -0.766. The maximum absolute atomic E-state index is 11.9. The molecule has 42 heavy (non-hydrogen) atoms. The summed E-state index contributed by atoms with van der Waals surface area (Å²) in [5, 5.41) is 21.4. The number of aryl methyl sites for hydroxylation is 2. The minimum atomic E-state index is -1.14. The summed E-state index contributed by atoms with van der Waals surface area (Å²) in [7, 11) is 1.42. The largest absolute Gasteiger partial charge is 0.496 e. The number of amides is 1. The van der Waals surface area contributed by atoms with Gasteiger partial charge in [-0.1, -0.05) is 36.4 Å². The number of benzene rings is 3. The summed E-state index contributed by atoms with van der Waals surface area (Å²) >= 11 is 0. The van der Waals surface area contributed by atoms with Crippen LogP contribution in [0.4, 0.5) is 0 Å². The Bertz CT molecular complexity index is 1550. The highest BCUT2D eigenvalue weighted by Gasteiger charge is 2.31. The summed E-state index contributed by atoms with van der Waals surface area (Å²) in [6, 6.07) is 17.0. The number of aliphatic hydroxyl groups is 1. The van der Waals surface area contributed by atoms with Gasteiger partial charge in [-0.15, -0.1) is 0 Å². The Labute approximate surface area is 245 Å². The number of aromatic amines is 1. The normalized spacial score (nSPS) is 13.5. The molecule has 0 saturated heterocycles. The van der Waals surface area contributed by atoms with E-state index < -0.39 is 30.2 Å². The first-order valence-electron chi connectivity index (χ1n) is 13.6. The van der Waals surface area contributed by atoms with Gasteiger partial charge in [-0.25, -0.2) is 9.78 Å². The number of H-pyrrole nitrogens is 1. The number of imidazole rings is 1. The smallest absolute Gasteiger partial charge is 0.339 e. The van der Waals surface area contributed by atoms with Gasteiger partial charge in [0, 0.05) is 18.2 Å². The number of nitrogens with one attached hydrogen (secondary N) is 1. The van der Waals surface area contributed by atoms with Crippen molar-refractivity contribution in [2.75, 3.05) is 7.11 Å². The van der Waals surface area contributed by atoms with E-state index in [-0.39, 0.29) is 17.9 Å². The molecule has 1 amide bonds. The van der Waals surface area contributed by atoms with Gasteiger partial charge in [0.2, 0.25) is 5.91 Å². The number of ether oxygens (including phenoxy) is 1. The first-order chi connectivity index (χ1) is 20.0. The monoisotopic (exact) mass is 571 g/mol. The van der Waals surface area contributed by atoms with Gasteiger partial charge in [-0.2, -0.15) is 0 Å². The van der Waals surface area contributed by atoms with Crippen LogP contribution >= 0.6 is 0 Å². The van der Waals surface area contributed by atoms with Crippen molar-refractivity contribution in [2.45, 2.75) is 52.0 Å². The zero-order valence-corrected chi connectivity index (χ0v) is 24.2. The third-order valence-corrected chi connectivity index (χ3v) is 7.58. The Kier molecular flexibility index (Phi) is 9.41. The van der Waals surface area contributed by atoms with Crippen molar-refractivity contribution in [1.29, 1.82) is 0 Å². The Morgan fingerprint density at radius 3 is 2.33 bits per heavy atom. The lowest BCUT2D eigenvalue weighted by atomic mass is 9.93. The summed E-state index contributed by atoms with van der Waals surface area (Å²) < 4.78 is 5.22. The number of aromatic nitrogens is 2. The van der Waals surface area contributed by atoms with Gasteiger partial charge in [-0.05, 0) is 79.3 Å². The average molecular weight is 572 g/mol. The quantitative estimate of drug-likeness (QED) is 0.159. The van der Waals surface area contributed by atoms with Gasteiger partial charge in [0.25, 0.3) is 0 Å². The highest BCUT2D eigenvalue weighted by Crippen LogP contribution is 2.29. The van der Waals surface area contributed by atoms with E-state index in [2.05, 4.69) is 9.97 Å². The number of carbonyl (C=O) groups excluding carboxylic acids is 1. The van der Waals surface area contributed by atoms with Crippen LogP contribution < -0.4 is 16.2 Å². The lowest BCUT2D eigenvalue weighted by molar-refractivity contribution is -0.0462. The molecular weight excluding hydrogens is 534 g/mol. The molecule has 1 aromatic heterocycles. The van der Waals surface area contributed by atoms with Crippen LogP contribution in [-0.4, -0.2) is 56.3 Å². The molecule has 0 aliphatic rings. The molecule has 0 bridgehead atoms. The van der Waals surface area contributed by atoms with Crippen LogP contribution in [0.3, 0.4) is 0 Å². The van der Waals surface area contributed by atoms with Crippen molar-refractivity contribution in [3.05, 3.63) is 106 Å². The lowest BCUT2D eigenvalue weighted by Crippen LogP contribution is -2.49. The van der Waals surface area contributed by atoms with Gasteiger partial charge < -0.3 is 31.4 Å². The summed E-state index contributed by atoms with van der Waals surface area (Å²) in [4.78, 5) is 33.3. The number of hydrogen-bond donors (Lipinski definition) is 5. The van der Waals surface area contributed by atoms with Crippen molar-refractivity contribution >= 4 is 11.9 Å². The van der Waals surface area contributed by atoms with E-state index in [1.807, 2.05) is 51.1 Å². The Hall–Kier alpha value is -4.51. The van der Waals surface area contributed by atoms with E-state index in [9.17, 15) is 19.8 Å². The van der Waals surface area contributed by atoms with Crippen LogP contribution in [0.1, 0.15) is 61.8 Å². The standard InChI is InChI=1S/C32H37N5O5/c1-18-12-23(29(34)38)13-19(2)24(18)15-26(33)31(39)37(17-21-10-11-28(42-4)25(14-21)32(40)41)20(3)30-35-16-27(36-30)22-8-6-5-7-9-22/h5-14,16,20,26,31,39H,15,17,33H2,1-4H3,(H2,34,38)(H,35,36)(H,40,41)/t20-,26-,31?/m0/s1. The average Bonchev–Trinajstić information content (AvgIpc) is 3.47. The maximum atomic E-state index is 11.9. The van der Waals surface area contributed by atoms with Crippen LogP contribution in [0, 0.1) is 13.8 Å². The van der Waals surface area contributed by atoms with E-state index in [4.69, 9.17) is 16.2 Å². The van der Waals surface area contributed by atoms with Crippen molar-refractivity contribution < 1.29 is 24.5 Å². The molecule has 0 spiro atoms. The fourth-order valence-electron chi connectivity index (χ4n) is 5.21. The fraction of sp³-hybridized carbons (Fsp3) is 0.281. The molecule has 3 aromatic carbocycles. The zero-order valence-electron chi connectivity index (χ0n) is 24.2. The van der Waals surface area contributed by atoms with Crippen LogP contribution in [0.15, 0.2) is 66.9 Å². The second-order valence-corrected chi connectivity index (χ2v) is 10.5. The van der Waals surface area contributed by atoms with Crippen LogP contribution in [0.2, 0.25) is 0 Å². The molecule has 220 valence electrons. The predicted molar refractivity (Wildman–Crippen MR) is 160 cm³/mol. The summed E-state index contributed by atoms with van der Waals surface area (Å²) in [5.41, 5.74) is 17.6. The number of aliphatic hydroxyl groups excluding tert-OH is 1. The maximum Gasteiger partial charge on any atom is 0.339 e. The van der Waals surface area contributed by atoms with Crippen molar-refractivity contribution in [3.63, 3.8) is 0 Å².